The third kappa shape index (κ3) is 3.49. The van der Waals surface area contributed by atoms with Gasteiger partial charge in [0.2, 0.25) is 0 Å². The maximum Gasteiger partial charge on any atom is 0.177 e. The Kier molecular flexibility index (Phi) is 4.53. The summed E-state index contributed by atoms with van der Waals surface area (Å²) in [5.74, 6) is 0. The van der Waals surface area contributed by atoms with Crippen LogP contribution < -0.4 is 0 Å². The summed E-state index contributed by atoms with van der Waals surface area (Å²) in [6.07, 6.45) is 1.53. The fourth-order valence-corrected chi connectivity index (χ4v) is 1.38. The lowest BCUT2D eigenvalue weighted by molar-refractivity contribution is -0.126. The molecule has 0 aromatic rings. The van der Waals surface area contributed by atoms with Crippen molar-refractivity contribution >= 4 is 0 Å². The van der Waals surface area contributed by atoms with E-state index in [4.69, 9.17) is 14.9 Å². The van der Waals surface area contributed by atoms with Gasteiger partial charge in [-0.15, -0.1) is 0 Å². The summed E-state index contributed by atoms with van der Waals surface area (Å²) in [5, 5.41) is 17.3. The highest BCUT2D eigenvalue weighted by Crippen LogP contribution is 2.06. The third-order valence-corrected chi connectivity index (χ3v) is 2.07. The predicted octanol–water partition coefficient (Wildman–Crippen LogP) is -0.591. The van der Waals surface area contributed by atoms with Gasteiger partial charge >= 0.3 is 0 Å². The highest BCUT2D eigenvalue weighted by Gasteiger charge is 2.11. The van der Waals surface area contributed by atoms with Gasteiger partial charge in [0, 0.05) is 6.54 Å². The number of nitrogens with zero attached hydrogens (tertiary/aromatic N) is 1. The summed E-state index contributed by atoms with van der Waals surface area (Å²) < 4.78 is 4.92. The summed E-state index contributed by atoms with van der Waals surface area (Å²) >= 11 is 0. The average molecular weight is 175 g/mol. The topological polar surface area (TPSA) is 52.9 Å². The summed E-state index contributed by atoms with van der Waals surface area (Å²) in [4.78, 5) is 2.30. The quantitative estimate of drug-likeness (QED) is 0.548. The number of hydrogen-bond donors (Lipinski definition) is 2. The number of aliphatic hydroxyl groups excluding tert-OH is 2. The first kappa shape index (κ1) is 9.92. The van der Waals surface area contributed by atoms with Gasteiger partial charge in [-0.2, -0.15) is 0 Å². The summed E-state index contributed by atoms with van der Waals surface area (Å²) in [7, 11) is 0. The van der Waals surface area contributed by atoms with Crippen molar-refractivity contribution in [3.63, 3.8) is 0 Å². The Labute approximate surface area is 72.7 Å². The second-order valence-electron chi connectivity index (χ2n) is 3.06. The number of aliphatic hydroxyl groups is 2. The molecule has 0 bridgehead atoms. The van der Waals surface area contributed by atoms with Gasteiger partial charge in [-0.3, -0.25) is 0 Å². The highest BCUT2D eigenvalue weighted by molar-refractivity contribution is 4.65. The van der Waals surface area contributed by atoms with E-state index in [9.17, 15) is 0 Å². The molecule has 4 heteroatoms. The molecule has 1 unspecified atom stereocenters. The van der Waals surface area contributed by atoms with Crippen molar-refractivity contribution in [2.75, 3.05) is 32.8 Å². The van der Waals surface area contributed by atoms with E-state index in [0.717, 1.165) is 19.6 Å². The van der Waals surface area contributed by atoms with Crippen molar-refractivity contribution in [3.8, 4) is 0 Å². The Bertz CT molecular complexity index is 115. The van der Waals surface area contributed by atoms with Gasteiger partial charge in [-0.1, -0.05) is 0 Å². The SMILES string of the molecule is OCC(O)OCCN1CCCC1. The van der Waals surface area contributed by atoms with Crippen LogP contribution in [0.15, 0.2) is 0 Å². The van der Waals surface area contributed by atoms with E-state index in [2.05, 4.69) is 4.90 Å². The molecule has 1 atom stereocenters. The predicted molar refractivity (Wildman–Crippen MR) is 44.7 cm³/mol. The van der Waals surface area contributed by atoms with Gasteiger partial charge in [-0.05, 0) is 25.9 Å². The van der Waals surface area contributed by atoms with Crippen LogP contribution in [0.1, 0.15) is 12.8 Å². The van der Waals surface area contributed by atoms with Crippen LogP contribution >= 0.6 is 0 Å². The molecule has 0 amide bonds. The van der Waals surface area contributed by atoms with Crippen molar-refractivity contribution in [2.45, 2.75) is 19.1 Å². The minimum absolute atomic E-state index is 0.319. The van der Waals surface area contributed by atoms with Crippen LogP contribution in [0.2, 0.25) is 0 Å². The van der Waals surface area contributed by atoms with Crippen LogP contribution in [-0.2, 0) is 4.74 Å². The molecule has 4 nitrogen and oxygen atoms in total. The lowest BCUT2D eigenvalue weighted by Gasteiger charge is -2.15. The number of rotatable bonds is 5. The standard InChI is InChI=1S/C8H17NO3/c10-7-8(11)12-6-5-9-3-1-2-4-9/h8,10-11H,1-7H2. The molecule has 0 aromatic heterocycles. The Morgan fingerprint density at radius 2 is 2.00 bits per heavy atom. The molecule has 0 saturated carbocycles. The smallest absolute Gasteiger partial charge is 0.177 e. The van der Waals surface area contributed by atoms with E-state index < -0.39 is 6.29 Å². The lowest BCUT2D eigenvalue weighted by atomic mass is 10.4. The molecule has 0 aromatic carbocycles. The fourth-order valence-electron chi connectivity index (χ4n) is 1.38. The monoisotopic (exact) mass is 175 g/mol. The van der Waals surface area contributed by atoms with Gasteiger partial charge < -0.3 is 19.8 Å². The average Bonchev–Trinajstić information content (AvgIpc) is 2.57. The van der Waals surface area contributed by atoms with Gasteiger partial charge in [0.15, 0.2) is 6.29 Å². The van der Waals surface area contributed by atoms with E-state index in [1.165, 1.54) is 12.8 Å². The first-order valence-corrected chi connectivity index (χ1v) is 4.46. The number of ether oxygens (including phenoxy) is 1. The fraction of sp³-hybridized carbons (Fsp3) is 1.00. The maximum atomic E-state index is 8.84. The van der Waals surface area contributed by atoms with Gasteiger partial charge in [0.05, 0.1) is 13.2 Å². The first-order chi connectivity index (χ1) is 5.83. The molecule has 0 radical (unpaired) electrons. The molecule has 2 N–H and O–H groups in total. The number of likely N-dealkylation sites (tertiary alicyclic amines) is 1. The molecule has 1 fully saturated rings. The molecule has 0 aliphatic carbocycles. The molecule has 1 rings (SSSR count). The molecule has 0 spiro atoms. The van der Waals surface area contributed by atoms with Crippen LogP contribution in [0.3, 0.4) is 0 Å². The molecule has 1 heterocycles. The van der Waals surface area contributed by atoms with Crippen LogP contribution in [-0.4, -0.2) is 54.3 Å². The molecule has 72 valence electrons. The molecule has 1 aliphatic heterocycles. The second-order valence-corrected chi connectivity index (χ2v) is 3.06. The van der Waals surface area contributed by atoms with Crippen molar-refractivity contribution in [1.82, 2.24) is 4.90 Å². The normalized spacial score (nSPS) is 21.5. The summed E-state index contributed by atoms with van der Waals surface area (Å²) in [6.45, 7) is 3.32. The van der Waals surface area contributed by atoms with E-state index >= 15 is 0 Å². The summed E-state index contributed by atoms with van der Waals surface area (Å²) in [5.41, 5.74) is 0. The molecule has 1 aliphatic rings. The maximum absolute atomic E-state index is 8.84. The summed E-state index contributed by atoms with van der Waals surface area (Å²) in [6, 6.07) is 0. The zero-order valence-electron chi connectivity index (χ0n) is 7.28. The Balaban J connectivity index is 1.94. The van der Waals surface area contributed by atoms with Gasteiger partial charge in [0.25, 0.3) is 0 Å². The zero-order valence-corrected chi connectivity index (χ0v) is 7.28. The molecule has 12 heavy (non-hydrogen) atoms. The van der Waals surface area contributed by atoms with Crippen LogP contribution in [0.4, 0.5) is 0 Å². The molecular weight excluding hydrogens is 158 g/mol. The Hall–Kier alpha value is -0.160. The van der Waals surface area contributed by atoms with Crippen LogP contribution in [0.25, 0.3) is 0 Å². The minimum Gasteiger partial charge on any atom is -0.391 e. The van der Waals surface area contributed by atoms with Crippen molar-refractivity contribution in [1.29, 1.82) is 0 Å². The Morgan fingerprint density at radius 1 is 1.33 bits per heavy atom. The largest absolute Gasteiger partial charge is 0.391 e. The van der Waals surface area contributed by atoms with E-state index in [1.807, 2.05) is 0 Å². The van der Waals surface area contributed by atoms with Crippen molar-refractivity contribution in [3.05, 3.63) is 0 Å². The highest BCUT2D eigenvalue weighted by atomic mass is 16.6. The van der Waals surface area contributed by atoms with Crippen LogP contribution in [0.5, 0.6) is 0 Å². The zero-order chi connectivity index (χ0) is 8.81. The number of hydrogen-bond acceptors (Lipinski definition) is 4. The van der Waals surface area contributed by atoms with Crippen LogP contribution in [0, 0.1) is 0 Å². The minimum atomic E-state index is -1.01. The Morgan fingerprint density at radius 3 is 2.58 bits per heavy atom. The third-order valence-electron chi connectivity index (χ3n) is 2.07. The molecular formula is C8H17NO3. The van der Waals surface area contributed by atoms with E-state index in [-0.39, 0.29) is 6.61 Å². The second kappa shape index (κ2) is 5.48. The van der Waals surface area contributed by atoms with Crippen molar-refractivity contribution < 1.29 is 14.9 Å². The van der Waals surface area contributed by atoms with Gasteiger partial charge in [-0.25, -0.2) is 0 Å². The molecule has 1 saturated heterocycles. The van der Waals surface area contributed by atoms with E-state index in [0.29, 0.717) is 6.61 Å². The van der Waals surface area contributed by atoms with Crippen molar-refractivity contribution in [2.24, 2.45) is 0 Å². The first-order valence-electron chi connectivity index (χ1n) is 4.46. The van der Waals surface area contributed by atoms with E-state index in [1.54, 1.807) is 0 Å². The van der Waals surface area contributed by atoms with Gasteiger partial charge in [0.1, 0.15) is 0 Å². The lowest BCUT2D eigenvalue weighted by Crippen LogP contribution is -2.27.